The van der Waals surface area contributed by atoms with Crippen LogP contribution >= 0.6 is 0 Å². The van der Waals surface area contributed by atoms with Crippen LogP contribution in [0.1, 0.15) is 26.5 Å². The molecule has 1 aromatic rings. The Hall–Kier alpha value is -1.13. The fourth-order valence-electron chi connectivity index (χ4n) is 2.37. The first kappa shape index (κ1) is 13.3. The van der Waals surface area contributed by atoms with Gasteiger partial charge >= 0.3 is 0 Å². The lowest BCUT2D eigenvalue weighted by atomic mass is 10.0. The second-order valence-electron chi connectivity index (χ2n) is 5.97. The van der Waals surface area contributed by atoms with Gasteiger partial charge in [0.1, 0.15) is 0 Å². The molecule has 18 heavy (non-hydrogen) atoms. The van der Waals surface area contributed by atoms with Crippen LogP contribution in [0.3, 0.4) is 0 Å². The van der Waals surface area contributed by atoms with E-state index in [-0.39, 0.29) is 5.54 Å². The molecule has 1 aliphatic rings. The van der Waals surface area contributed by atoms with Gasteiger partial charge in [-0.05, 0) is 32.9 Å². The maximum Gasteiger partial charge on any atom is 0.0772 e. The average molecular weight is 248 g/mol. The third-order valence-corrected chi connectivity index (χ3v) is 3.62. The predicted octanol–water partition coefficient (Wildman–Crippen LogP) is 1.58. The summed E-state index contributed by atoms with van der Waals surface area (Å²) in [6, 6.07) is 3.81. The van der Waals surface area contributed by atoms with Gasteiger partial charge in [0.15, 0.2) is 0 Å². The van der Waals surface area contributed by atoms with Crippen molar-refractivity contribution in [2.45, 2.75) is 32.9 Å². The number of pyridine rings is 1. The molecule has 0 bridgehead atoms. The first-order valence-corrected chi connectivity index (χ1v) is 6.63. The molecule has 4 nitrogen and oxygen atoms in total. The Morgan fingerprint density at radius 3 is 2.44 bits per heavy atom. The summed E-state index contributed by atoms with van der Waals surface area (Å²) in [5, 5.41) is 0. The number of hydrogen-bond acceptors (Lipinski definition) is 4. The van der Waals surface area contributed by atoms with E-state index in [0.29, 0.717) is 0 Å². The molecule has 0 radical (unpaired) electrons. The molecule has 2 rings (SSSR count). The van der Waals surface area contributed by atoms with Gasteiger partial charge in [0.05, 0.1) is 11.4 Å². The highest BCUT2D eigenvalue weighted by atomic mass is 15.3. The molecule has 1 aliphatic heterocycles. The van der Waals surface area contributed by atoms with Gasteiger partial charge in [0.25, 0.3) is 0 Å². The van der Waals surface area contributed by atoms with Crippen molar-refractivity contribution in [3.05, 3.63) is 24.0 Å². The third-order valence-electron chi connectivity index (χ3n) is 3.62. The normalized spacial score (nSPS) is 19.1. The van der Waals surface area contributed by atoms with Gasteiger partial charge in [-0.25, -0.2) is 0 Å². The number of nitrogens with zero attached hydrogens (tertiary/aromatic N) is 3. The van der Waals surface area contributed by atoms with E-state index >= 15 is 0 Å². The zero-order chi connectivity index (χ0) is 13.2. The zero-order valence-electron chi connectivity index (χ0n) is 11.7. The van der Waals surface area contributed by atoms with Gasteiger partial charge < -0.3 is 5.73 Å². The molecule has 0 atom stereocenters. The molecular weight excluding hydrogens is 224 g/mol. The molecule has 1 aromatic heterocycles. The Bertz CT molecular complexity index is 389. The van der Waals surface area contributed by atoms with Crippen LogP contribution in [0.4, 0.5) is 5.69 Å². The molecule has 2 heterocycles. The summed E-state index contributed by atoms with van der Waals surface area (Å²) < 4.78 is 0. The fraction of sp³-hybridized carbons (Fsp3) is 0.643. The van der Waals surface area contributed by atoms with Crippen LogP contribution in [0.2, 0.25) is 0 Å². The largest absolute Gasteiger partial charge is 0.397 e. The zero-order valence-corrected chi connectivity index (χ0v) is 11.7. The highest BCUT2D eigenvalue weighted by Gasteiger charge is 2.25. The molecule has 100 valence electrons. The highest BCUT2D eigenvalue weighted by Crippen LogP contribution is 2.17. The lowest BCUT2D eigenvalue weighted by Gasteiger charge is -2.42. The van der Waals surface area contributed by atoms with Crippen molar-refractivity contribution < 1.29 is 0 Å². The lowest BCUT2D eigenvalue weighted by molar-refractivity contribution is 0.0587. The highest BCUT2D eigenvalue weighted by molar-refractivity contribution is 5.41. The number of aromatic nitrogens is 1. The van der Waals surface area contributed by atoms with E-state index in [4.69, 9.17) is 5.73 Å². The topological polar surface area (TPSA) is 45.4 Å². The standard InChI is InChI=1S/C14H24N4/c1-14(2,3)18-9-7-17(8-10-18)11-13-12(15)5-4-6-16-13/h4-6H,7-11,15H2,1-3H3. The summed E-state index contributed by atoms with van der Waals surface area (Å²) >= 11 is 0. The van der Waals surface area contributed by atoms with E-state index in [2.05, 4.69) is 35.6 Å². The summed E-state index contributed by atoms with van der Waals surface area (Å²) in [4.78, 5) is 9.32. The monoisotopic (exact) mass is 248 g/mol. The SMILES string of the molecule is CC(C)(C)N1CCN(Cc2ncccc2N)CC1. The smallest absolute Gasteiger partial charge is 0.0772 e. The van der Waals surface area contributed by atoms with E-state index in [1.165, 1.54) is 0 Å². The Balaban J connectivity index is 1.90. The van der Waals surface area contributed by atoms with Crippen LogP contribution in [0.25, 0.3) is 0 Å². The second kappa shape index (κ2) is 5.24. The van der Waals surface area contributed by atoms with Gasteiger partial charge in [-0.1, -0.05) is 0 Å². The summed E-state index contributed by atoms with van der Waals surface area (Å²) in [6.07, 6.45) is 1.82. The van der Waals surface area contributed by atoms with Crippen molar-refractivity contribution in [1.82, 2.24) is 14.8 Å². The van der Waals surface area contributed by atoms with Crippen molar-refractivity contribution >= 4 is 5.69 Å². The lowest BCUT2D eigenvalue weighted by Crippen LogP contribution is -2.53. The number of hydrogen-bond donors (Lipinski definition) is 1. The van der Waals surface area contributed by atoms with Crippen LogP contribution < -0.4 is 5.73 Å². The quantitative estimate of drug-likeness (QED) is 0.863. The fourth-order valence-corrected chi connectivity index (χ4v) is 2.37. The Labute approximate surface area is 110 Å². The second-order valence-corrected chi connectivity index (χ2v) is 5.97. The maximum atomic E-state index is 5.93. The van der Waals surface area contributed by atoms with Gasteiger partial charge in [-0.3, -0.25) is 14.8 Å². The van der Waals surface area contributed by atoms with Crippen molar-refractivity contribution in [3.8, 4) is 0 Å². The number of nitrogens with two attached hydrogens (primary N) is 1. The van der Waals surface area contributed by atoms with E-state index in [1.54, 1.807) is 0 Å². The number of piperazine rings is 1. The average Bonchev–Trinajstić information content (AvgIpc) is 2.32. The summed E-state index contributed by atoms with van der Waals surface area (Å²) in [5.41, 5.74) is 8.01. The molecule has 0 amide bonds. The van der Waals surface area contributed by atoms with Crippen LogP contribution in [-0.2, 0) is 6.54 Å². The minimum absolute atomic E-state index is 0.274. The minimum Gasteiger partial charge on any atom is -0.397 e. The summed E-state index contributed by atoms with van der Waals surface area (Å²) in [7, 11) is 0. The van der Waals surface area contributed by atoms with Crippen molar-refractivity contribution in [2.24, 2.45) is 0 Å². The minimum atomic E-state index is 0.274. The molecule has 0 saturated carbocycles. The third kappa shape index (κ3) is 3.21. The molecule has 2 N–H and O–H groups in total. The summed E-state index contributed by atoms with van der Waals surface area (Å²) in [5.74, 6) is 0. The van der Waals surface area contributed by atoms with Crippen LogP contribution in [-0.4, -0.2) is 46.5 Å². The number of rotatable bonds is 2. The van der Waals surface area contributed by atoms with Crippen LogP contribution in [0, 0.1) is 0 Å². The van der Waals surface area contributed by atoms with Gasteiger partial charge in [-0.2, -0.15) is 0 Å². The van der Waals surface area contributed by atoms with E-state index in [9.17, 15) is 0 Å². The van der Waals surface area contributed by atoms with Gasteiger partial charge in [-0.15, -0.1) is 0 Å². The first-order chi connectivity index (χ1) is 8.47. The van der Waals surface area contributed by atoms with Crippen molar-refractivity contribution in [1.29, 1.82) is 0 Å². The molecule has 0 spiro atoms. The number of nitrogen functional groups attached to an aromatic ring is 1. The van der Waals surface area contributed by atoms with Gasteiger partial charge in [0, 0.05) is 44.5 Å². The van der Waals surface area contributed by atoms with E-state index in [0.717, 1.165) is 44.1 Å². The van der Waals surface area contributed by atoms with Crippen LogP contribution in [0.15, 0.2) is 18.3 Å². The van der Waals surface area contributed by atoms with Gasteiger partial charge in [0.2, 0.25) is 0 Å². The first-order valence-electron chi connectivity index (χ1n) is 6.63. The Morgan fingerprint density at radius 2 is 1.89 bits per heavy atom. The molecule has 0 aliphatic carbocycles. The van der Waals surface area contributed by atoms with E-state index < -0.39 is 0 Å². The predicted molar refractivity (Wildman–Crippen MR) is 75.3 cm³/mol. The molecule has 0 aromatic carbocycles. The van der Waals surface area contributed by atoms with Crippen molar-refractivity contribution in [2.75, 3.05) is 31.9 Å². The molecule has 1 fully saturated rings. The van der Waals surface area contributed by atoms with Crippen LogP contribution in [0.5, 0.6) is 0 Å². The summed E-state index contributed by atoms with van der Waals surface area (Å²) in [6.45, 7) is 12.1. The molecule has 4 heteroatoms. The van der Waals surface area contributed by atoms with E-state index in [1.807, 2.05) is 18.3 Å². The molecule has 0 unspecified atom stereocenters. The number of anilines is 1. The Morgan fingerprint density at radius 1 is 1.22 bits per heavy atom. The Kier molecular flexibility index (Phi) is 3.88. The van der Waals surface area contributed by atoms with Crippen molar-refractivity contribution in [3.63, 3.8) is 0 Å². The molecule has 1 saturated heterocycles. The molecular formula is C14H24N4. The maximum absolute atomic E-state index is 5.93.